The third-order valence-corrected chi connectivity index (χ3v) is 4.45. The summed E-state index contributed by atoms with van der Waals surface area (Å²) in [5, 5.41) is 8.05. The minimum atomic E-state index is -4.46. The van der Waals surface area contributed by atoms with E-state index < -0.39 is 17.6 Å². The predicted octanol–water partition coefficient (Wildman–Crippen LogP) is 4.89. The number of hydrogen-bond donors (Lipinski definition) is 3. The molecule has 0 aromatic heterocycles. The van der Waals surface area contributed by atoms with Crippen molar-refractivity contribution in [2.45, 2.75) is 19.6 Å². The summed E-state index contributed by atoms with van der Waals surface area (Å²) in [5.74, 6) is 5.48. The van der Waals surface area contributed by atoms with Crippen molar-refractivity contribution in [2.75, 3.05) is 5.32 Å². The van der Waals surface area contributed by atoms with Gasteiger partial charge in [0.1, 0.15) is 5.82 Å². The molecule has 0 fully saturated rings. The summed E-state index contributed by atoms with van der Waals surface area (Å²) in [6.07, 6.45) is -4.46. The molecule has 0 saturated heterocycles. The van der Waals surface area contributed by atoms with Gasteiger partial charge in [-0.3, -0.25) is 0 Å². The van der Waals surface area contributed by atoms with Crippen molar-refractivity contribution >= 4 is 17.2 Å². The molecule has 0 aliphatic carbocycles. The van der Waals surface area contributed by atoms with E-state index in [-0.39, 0.29) is 18.1 Å². The Labute approximate surface area is 176 Å². The highest BCUT2D eigenvalue weighted by Gasteiger charge is 2.30. The summed E-state index contributed by atoms with van der Waals surface area (Å²) in [4.78, 5) is 0. The van der Waals surface area contributed by atoms with Gasteiger partial charge in [-0.05, 0) is 43.3 Å². The Morgan fingerprint density at radius 2 is 1.77 bits per heavy atom. The van der Waals surface area contributed by atoms with Crippen molar-refractivity contribution in [2.24, 2.45) is 16.7 Å². The summed E-state index contributed by atoms with van der Waals surface area (Å²) in [7, 11) is 0. The number of aryl methyl sites for hydroxylation is 1. The van der Waals surface area contributed by atoms with Gasteiger partial charge < -0.3 is 11.1 Å². The number of hydrogen-bond acceptors (Lipinski definition) is 4. The Hall–Kier alpha value is -3.59. The van der Waals surface area contributed by atoms with E-state index in [2.05, 4.69) is 10.4 Å². The minimum Gasteiger partial charge on any atom is -0.382 e. The number of alkyl halides is 3. The first-order chi connectivity index (χ1) is 14.6. The van der Waals surface area contributed by atoms with E-state index in [1.54, 1.807) is 36.4 Å². The van der Waals surface area contributed by atoms with Crippen molar-refractivity contribution in [3.05, 3.63) is 94.8 Å². The molecule has 0 bridgehead atoms. The van der Waals surface area contributed by atoms with Crippen LogP contribution in [0, 0.1) is 12.7 Å². The molecule has 0 radical (unpaired) electrons. The molecule has 5 N–H and O–H groups in total. The van der Waals surface area contributed by atoms with Crippen LogP contribution >= 0.6 is 0 Å². The summed E-state index contributed by atoms with van der Waals surface area (Å²) in [6.45, 7) is 1.82. The van der Waals surface area contributed by atoms with Crippen LogP contribution in [-0.2, 0) is 12.7 Å². The molecule has 0 aliphatic rings. The maximum absolute atomic E-state index is 13.8. The molecular weight excluding hydrogens is 410 g/mol. The Morgan fingerprint density at radius 1 is 1.03 bits per heavy atom. The Bertz CT molecular complexity index is 1100. The van der Waals surface area contributed by atoms with Crippen LogP contribution in [0.5, 0.6) is 0 Å². The molecule has 9 heteroatoms. The normalized spacial score (nSPS) is 12.0. The number of benzene rings is 3. The quantitative estimate of drug-likeness (QED) is 0.171. The Balaban J connectivity index is 1.87. The number of halogens is 4. The van der Waals surface area contributed by atoms with Gasteiger partial charge in [0.15, 0.2) is 5.84 Å². The van der Waals surface area contributed by atoms with Gasteiger partial charge in [-0.25, -0.2) is 15.4 Å². The molecule has 3 aromatic rings. The fraction of sp³-hybridized carbons (Fsp3) is 0.136. The Kier molecular flexibility index (Phi) is 6.45. The van der Waals surface area contributed by atoms with Crippen molar-refractivity contribution in [1.29, 1.82) is 0 Å². The monoisotopic (exact) mass is 431 g/mol. The molecule has 0 unspecified atom stereocenters. The largest absolute Gasteiger partial charge is 0.416 e. The second-order valence-corrected chi connectivity index (χ2v) is 6.93. The first-order valence-corrected chi connectivity index (χ1v) is 9.28. The van der Waals surface area contributed by atoms with Crippen molar-refractivity contribution in [1.82, 2.24) is 5.12 Å². The van der Waals surface area contributed by atoms with Crippen LogP contribution in [0.1, 0.15) is 22.3 Å². The molecule has 0 heterocycles. The van der Waals surface area contributed by atoms with E-state index >= 15 is 0 Å². The highest BCUT2D eigenvalue weighted by Crippen LogP contribution is 2.32. The molecule has 5 nitrogen and oxygen atoms in total. The van der Waals surface area contributed by atoms with Gasteiger partial charge in [0.05, 0.1) is 12.1 Å². The van der Waals surface area contributed by atoms with Gasteiger partial charge in [0, 0.05) is 22.5 Å². The molecule has 3 aromatic carbocycles. The summed E-state index contributed by atoms with van der Waals surface area (Å²) >= 11 is 0. The van der Waals surface area contributed by atoms with Crippen molar-refractivity contribution in [3.8, 4) is 0 Å². The lowest BCUT2D eigenvalue weighted by molar-refractivity contribution is -0.137. The number of rotatable bonds is 6. The van der Waals surface area contributed by atoms with Crippen molar-refractivity contribution < 1.29 is 17.6 Å². The van der Waals surface area contributed by atoms with Crippen LogP contribution in [0.25, 0.3) is 0 Å². The highest BCUT2D eigenvalue weighted by molar-refractivity contribution is 6.03. The zero-order valence-corrected chi connectivity index (χ0v) is 16.6. The van der Waals surface area contributed by atoms with Gasteiger partial charge in [-0.1, -0.05) is 35.9 Å². The van der Waals surface area contributed by atoms with Crippen LogP contribution in [-0.4, -0.2) is 11.0 Å². The number of nitrogens with two attached hydrogens (primary N) is 2. The maximum atomic E-state index is 13.8. The molecule has 0 aliphatic heterocycles. The number of hydrazone groups is 1. The lowest BCUT2D eigenvalue weighted by Gasteiger charge is -2.17. The van der Waals surface area contributed by atoms with Gasteiger partial charge >= 0.3 is 6.18 Å². The summed E-state index contributed by atoms with van der Waals surface area (Å²) in [6, 6.07) is 16.2. The smallest absolute Gasteiger partial charge is 0.382 e. The topological polar surface area (TPSA) is 79.7 Å². The average Bonchev–Trinajstić information content (AvgIpc) is 2.70. The first kappa shape index (κ1) is 22.1. The summed E-state index contributed by atoms with van der Waals surface area (Å²) < 4.78 is 52.8. The molecule has 3 rings (SSSR count). The molecule has 0 spiro atoms. The lowest BCUT2D eigenvalue weighted by Crippen LogP contribution is -2.29. The van der Waals surface area contributed by atoms with E-state index in [0.717, 1.165) is 22.8 Å². The van der Waals surface area contributed by atoms with E-state index in [1.807, 2.05) is 6.92 Å². The van der Waals surface area contributed by atoms with E-state index in [4.69, 9.17) is 11.6 Å². The maximum Gasteiger partial charge on any atom is 0.416 e. The molecule has 0 saturated carbocycles. The van der Waals surface area contributed by atoms with E-state index in [9.17, 15) is 17.6 Å². The minimum absolute atomic E-state index is 0.0183. The van der Waals surface area contributed by atoms with E-state index in [1.165, 1.54) is 18.2 Å². The fourth-order valence-corrected chi connectivity index (χ4v) is 2.94. The van der Waals surface area contributed by atoms with Crippen molar-refractivity contribution in [3.63, 3.8) is 0 Å². The third kappa shape index (κ3) is 5.73. The Morgan fingerprint density at radius 3 is 2.48 bits per heavy atom. The second kappa shape index (κ2) is 9.05. The first-order valence-electron chi connectivity index (χ1n) is 9.28. The zero-order valence-electron chi connectivity index (χ0n) is 16.6. The standard InChI is InChI=1S/C22H21F4N5/c1-14-9-10-20(29-17-7-4-6-16(12-17)22(24,25)26)18(11-14)21(27)30-31(28)13-15-5-2-3-8-19(15)23/h2-12,29H,13,28H2,1H3,(H2,27,30). The van der Waals surface area contributed by atoms with Gasteiger partial charge in [0.2, 0.25) is 0 Å². The number of nitrogens with one attached hydrogen (secondary N) is 1. The second-order valence-electron chi connectivity index (χ2n) is 6.93. The molecule has 31 heavy (non-hydrogen) atoms. The molecular formula is C22H21F4N5. The van der Waals surface area contributed by atoms with Gasteiger partial charge in [-0.15, -0.1) is 5.10 Å². The van der Waals surface area contributed by atoms with Crippen LogP contribution in [0.3, 0.4) is 0 Å². The number of anilines is 2. The predicted molar refractivity (Wildman–Crippen MR) is 113 cm³/mol. The SMILES string of the molecule is Cc1ccc(Nc2cccc(C(F)(F)F)c2)c(/C(N)=N/N(N)Cc2ccccc2F)c1. The molecule has 162 valence electrons. The van der Waals surface area contributed by atoms with Gasteiger partial charge in [-0.2, -0.15) is 13.2 Å². The van der Waals surface area contributed by atoms with E-state index in [0.29, 0.717) is 16.8 Å². The van der Waals surface area contributed by atoms with Crippen LogP contribution in [0.4, 0.5) is 28.9 Å². The van der Waals surface area contributed by atoms with Crippen LogP contribution in [0.2, 0.25) is 0 Å². The number of amidine groups is 1. The van der Waals surface area contributed by atoms with Crippen LogP contribution < -0.4 is 16.9 Å². The van der Waals surface area contributed by atoms with Crippen LogP contribution in [0.15, 0.2) is 71.8 Å². The van der Waals surface area contributed by atoms with Gasteiger partial charge in [0.25, 0.3) is 0 Å². The molecule has 0 amide bonds. The number of nitrogens with zero attached hydrogens (tertiary/aromatic N) is 2. The average molecular weight is 431 g/mol. The zero-order chi connectivity index (χ0) is 22.6. The lowest BCUT2D eigenvalue weighted by atomic mass is 10.1. The third-order valence-electron chi connectivity index (χ3n) is 4.45. The molecule has 0 atom stereocenters. The fourth-order valence-electron chi connectivity index (χ4n) is 2.94. The number of hydrazine groups is 1. The summed E-state index contributed by atoms with van der Waals surface area (Å²) in [5.41, 5.74) is 7.69. The highest BCUT2D eigenvalue weighted by atomic mass is 19.4.